The Bertz CT molecular complexity index is 568. The molecule has 2 atom stereocenters. The Hall–Kier alpha value is -1.84. The highest BCUT2D eigenvalue weighted by molar-refractivity contribution is 6.03. The summed E-state index contributed by atoms with van der Waals surface area (Å²) in [4.78, 5) is 26.5. The first kappa shape index (κ1) is 14.1. The number of likely N-dealkylation sites (tertiary alicyclic amines) is 1. The number of rotatable bonds is 2. The molecular weight excluding hydrogens is 264 g/mol. The number of hydrogen-bond donors (Lipinski definition) is 1. The summed E-state index contributed by atoms with van der Waals surface area (Å²) in [6.07, 6.45) is 1.99. The Kier molecular flexibility index (Phi) is 3.70. The first-order valence-electron chi connectivity index (χ1n) is 7.76. The van der Waals surface area contributed by atoms with Gasteiger partial charge in [-0.05, 0) is 30.4 Å². The molecule has 0 radical (unpaired) electrons. The van der Waals surface area contributed by atoms with E-state index < -0.39 is 0 Å². The van der Waals surface area contributed by atoms with Crippen LogP contribution in [0.25, 0.3) is 0 Å². The van der Waals surface area contributed by atoms with Gasteiger partial charge in [-0.25, -0.2) is 0 Å². The van der Waals surface area contributed by atoms with E-state index in [0.29, 0.717) is 6.54 Å². The molecular formula is C17H22N2O2. The van der Waals surface area contributed by atoms with Crippen LogP contribution in [0.3, 0.4) is 0 Å². The Morgan fingerprint density at radius 2 is 2.10 bits per heavy atom. The van der Waals surface area contributed by atoms with Crippen LogP contribution in [0.5, 0.6) is 0 Å². The zero-order chi connectivity index (χ0) is 15.0. The first-order valence-corrected chi connectivity index (χ1v) is 7.76. The van der Waals surface area contributed by atoms with E-state index in [0.717, 1.165) is 30.6 Å². The second-order valence-electron chi connectivity index (χ2n) is 6.40. The van der Waals surface area contributed by atoms with Crippen LogP contribution in [0, 0.1) is 11.8 Å². The minimum atomic E-state index is -0.107. The van der Waals surface area contributed by atoms with Gasteiger partial charge in [-0.2, -0.15) is 0 Å². The SMILES string of the molecule is CC(C)C(=O)N1CCC[C@H]([C@@H]2C(=O)Nc3ccccc32)C1. The van der Waals surface area contributed by atoms with Gasteiger partial charge >= 0.3 is 0 Å². The van der Waals surface area contributed by atoms with E-state index in [1.165, 1.54) is 0 Å². The summed E-state index contributed by atoms with van der Waals surface area (Å²) in [5.41, 5.74) is 2.02. The number of benzene rings is 1. The van der Waals surface area contributed by atoms with Crippen LogP contribution in [0.4, 0.5) is 5.69 Å². The smallest absolute Gasteiger partial charge is 0.232 e. The normalized spacial score (nSPS) is 24.9. The molecule has 0 bridgehead atoms. The highest BCUT2D eigenvalue weighted by atomic mass is 16.2. The average molecular weight is 286 g/mol. The number of anilines is 1. The highest BCUT2D eigenvalue weighted by Crippen LogP contribution is 2.40. The molecule has 2 amide bonds. The van der Waals surface area contributed by atoms with Crippen molar-refractivity contribution in [3.8, 4) is 0 Å². The Labute approximate surface area is 125 Å². The van der Waals surface area contributed by atoms with E-state index in [2.05, 4.69) is 5.32 Å². The van der Waals surface area contributed by atoms with E-state index in [4.69, 9.17) is 0 Å². The molecule has 2 aliphatic rings. The van der Waals surface area contributed by atoms with Gasteiger partial charge in [-0.3, -0.25) is 9.59 Å². The van der Waals surface area contributed by atoms with Gasteiger partial charge < -0.3 is 10.2 Å². The lowest BCUT2D eigenvalue weighted by molar-refractivity contribution is -0.137. The predicted octanol–water partition coefficient (Wildman–Crippen LogP) is 2.62. The molecule has 0 aromatic heterocycles. The third kappa shape index (κ3) is 2.55. The zero-order valence-electron chi connectivity index (χ0n) is 12.6. The molecule has 21 heavy (non-hydrogen) atoms. The molecule has 3 rings (SSSR count). The summed E-state index contributed by atoms with van der Waals surface area (Å²) in [6, 6.07) is 7.90. The summed E-state index contributed by atoms with van der Waals surface area (Å²) >= 11 is 0. The highest BCUT2D eigenvalue weighted by Gasteiger charge is 2.39. The number of amides is 2. The van der Waals surface area contributed by atoms with E-state index in [1.54, 1.807) is 0 Å². The minimum absolute atomic E-state index is 0.0217. The van der Waals surface area contributed by atoms with Crippen LogP contribution < -0.4 is 5.32 Å². The summed E-state index contributed by atoms with van der Waals surface area (Å²) in [5.74, 6) is 0.425. The van der Waals surface area contributed by atoms with E-state index >= 15 is 0 Å². The van der Waals surface area contributed by atoms with Crippen molar-refractivity contribution in [1.82, 2.24) is 4.90 Å². The molecule has 0 spiro atoms. The average Bonchev–Trinajstić information content (AvgIpc) is 2.82. The topological polar surface area (TPSA) is 49.4 Å². The summed E-state index contributed by atoms with van der Waals surface area (Å²) in [7, 11) is 0. The molecule has 4 heteroatoms. The monoisotopic (exact) mass is 286 g/mol. The van der Waals surface area contributed by atoms with Gasteiger partial charge in [0.1, 0.15) is 0 Å². The molecule has 2 aliphatic heterocycles. The van der Waals surface area contributed by atoms with Gasteiger partial charge in [0.2, 0.25) is 11.8 Å². The van der Waals surface area contributed by atoms with Gasteiger partial charge in [0.15, 0.2) is 0 Å². The largest absolute Gasteiger partial charge is 0.342 e. The second kappa shape index (κ2) is 5.51. The number of para-hydroxylation sites is 1. The third-order valence-electron chi connectivity index (χ3n) is 4.57. The number of piperidine rings is 1. The molecule has 0 saturated carbocycles. The Morgan fingerprint density at radius 1 is 1.33 bits per heavy atom. The lowest BCUT2D eigenvalue weighted by Crippen LogP contribution is -2.44. The molecule has 2 heterocycles. The Balaban J connectivity index is 1.81. The first-order chi connectivity index (χ1) is 10.1. The van der Waals surface area contributed by atoms with Crippen molar-refractivity contribution in [2.24, 2.45) is 11.8 Å². The molecule has 0 aliphatic carbocycles. The van der Waals surface area contributed by atoms with Crippen molar-refractivity contribution < 1.29 is 9.59 Å². The maximum absolute atomic E-state index is 12.3. The number of nitrogens with zero attached hydrogens (tertiary/aromatic N) is 1. The number of fused-ring (bicyclic) bond motifs is 1. The van der Waals surface area contributed by atoms with Crippen LogP contribution in [-0.2, 0) is 9.59 Å². The lowest BCUT2D eigenvalue weighted by atomic mass is 9.81. The van der Waals surface area contributed by atoms with Crippen LogP contribution in [0.15, 0.2) is 24.3 Å². The van der Waals surface area contributed by atoms with Crippen molar-refractivity contribution >= 4 is 17.5 Å². The molecule has 1 N–H and O–H groups in total. The maximum atomic E-state index is 12.3. The van der Waals surface area contributed by atoms with Crippen molar-refractivity contribution in [2.75, 3.05) is 18.4 Å². The quantitative estimate of drug-likeness (QED) is 0.908. The number of carbonyl (C=O) groups is 2. The van der Waals surface area contributed by atoms with Gasteiger partial charge in [-0.15, -0.1) is 0 Å². The van der Waals surface area contributed by atoms with E-state index in [1.807, 2.05) is 43.0 Å². The summed E-state index contributed by atoms with van der Waals surface area (Å²) < 4.78 is 0. The molecule has 1 saturated heterocycles. The Morgan fingerprint density at radius 3 is 2.86 bits per heavy atom. The molecule has 4 nitrogen and oxygen atoms in total. The fraction of sp³-hybridized carbons (Fsp3) is 0.529. The minimum Gasteiger partial charge on any atom is -0.342 e. The van der Waals surface area contributed by atoms with Crippen molar-refractivity contribution in [3.05, 3.63) is 29.8 Å². The van der Waals surface area contributed by atoms with Gasteiger partial charge in [0.05, 0.1) is 5.92 Å². The lowest BCUT2D eigenvalue weighted by Gasteiger charge is -2.36. The van der Waals surface area contributed by atoms with E-state index in [9.17, 15) is 9.59 Å². The molecule has 0 unspecified atom stereocenters. The number of hydrogen-bond acceptors (Lipinski definition) is 2. The number of nitrogens with one attached hydrogen (secondary N) is 1. The van der Waals surface area contributed by atoms with Crippen LogP contribution in [0.1, 0.15) is 38.2 Å². The van der Waals surface area contributed by atoms with Gasteiger partial charge in [0.25, 0.3) is 0 Å². The summed E-state index contributed by atoms with van der Waals surface area (Å²) in [5, 5.41) is 2.97. The predicted molar refractivity (Wildman–Crippen MR) is 82.0 cm³/mol. The maximum Gasteiger partial charge on any atom is 0.232 e. The fourth-order valence-electron chi connectivity index (χ4n) is 3.55. The zero-order valence-corrected chi connectivity index (χ0v) is 12.6. The third-order valence-corrected chi connectivity index (χ3v) is 4.57. The van der Waals surface area contributed by atoms with Gasteiger partial charge in [-0.1, -0.05) is 32.0 Å². The fourth-order valence-corrected chi connectivity index (χ4v) is 3.55. The standard InChI is InChI=1S/C17H22N2O2/c1-11(2)17(21)19-9-5-6-12(10-19)15-13-7-3-4-8-14(13)18-16(15)20/h3-4,7-8,11-12,15H,5-6,9-10H2,1-2H3,(H,18,20)/t12-,15-/m0/s1. The molecule has 1 fully saturated rings. The molecule has 1 aromatic rings. The second-order valence-corrected chi connectivity index (χ2v) is 6.40. The van der Waals surface area contributed by atoms with Crippen molar-refractivity contribution in [2.45, 2.75) is 32.6 Å². The van der Waals surface area contributed by atoms with Crippen LogP contribution >= 0.6 is 0 Å². The molecule has 1 aromatic carbocycles. The number of carbonyl (C=O) groups excluding carboxylic acids is 2. The molecule has 112 valence electrons. The van der Waals surface area contributed by atoms with Crippen molar-refractivity contribution in [1.29, 1.82) is 0 Å². The van der Waals surface area contributed by atoms with Crippen LogP contribution in [0.2, 0.25) is 0 Å². The van der Waals surface area contributed by atoms with Crippen LogP contribution in [-0.4, -0.2) is 29.8 Å². The van der Waals surface area contributed by atoms with Crippen molar-refractivity contribution in [3.63, 3.8) is 0 Å². The summed E-state index contributed by atoms with van der Waals surface area (Å²) in [6.45, 7) is 5.39. The van der Waals surface area contributed by atoms with E-state index in [-0.39, 0.29) is 29.6 Å². The van der Waals surface area contributed by atoms with Gasteiger partial charge in [0, 0.05) is 24.7 Å².